The summed E-state index contributed by atoms with van der Waals surface area (Å²) in [6.45, 7) is 0.940. The lowest BCUT2D eigenvalue weighted by Crippen LogP contribution is -2.39. The molecule has 33 heavy (non-hydrogen) atoms. The van der Waals surface area contributed by atoms with Crippen molar-refractivity contribution < 1.29 is 22.7 Å². The monoisotopic (exact) mass is 474 g/mol. The Kier molecular flexibility index (Phi) is 6.95. The molecule has 2 amide bonds. The van der Waals surface area contributed by atoms with Gasteiger partial charge in [0, 0.05) is 55.5 Å². The first kappa shape index (κ1) is 22.8. The third kappa shape index (κ3) is 5.35. The molecule has 2 aromatic carbocycles. The van der Waals surface area contributed by atoms with Gasteiger partial charge in [-0.05, 0) is 36.4 Å². The zero-order chi connectivity index (χ0) is 23.4. The van der Waals surface area contributed by atoms with E-state index in [2.05, 4.69) is 10.3 Å². The lowest BCUT2D eigenvalue weighted by atomic mass is 10.2. The van der Waals surface area contributed by atoms with Gasteiger partial charge < -0.3 is 15.0 Å². The van der Waals surface area contributed by atoms with E-state index in [0.29, 0.717) is 26.1 Å². The second-order valence-corrected chi connectivity index (χ2v) is 8.13. The highest BCUT2D eigenvalue weighted by Crippen LogP contribution is 2.24. The number of hydrogen-bond donors (Lipinski definition) is 1. The number of carbonyl (C=O) groups is 1. The number of hydrogen-bond acceptors (Lipinski definition) is 4. The van der Waals surface area contributed by atoms with Gasteiger partial charge in [0.15, 0.2) is 4.96 Å². The Morgan fingerprint density at radius 3 is 2.61 bits per heavy atom. The van der Waals surface area contributed by atoms with Crippen LogP contribution in [-0.2, 0) is 11.2 Å². The van der Waals surface area contributed by atoms with Crippen LogP contribution in [0.5, 0.6) is 0 Å². The first-order chi connectivity index (χ1) is 15.9. The Bertz CT molecular complexity index is 1260. The van der Waals surface area contributed by atoms with Crippen LogP contribution in [0.4, 0.5) is 23.7 Å². The molecule has 6 nitrogen and oxygen atoms in total. The number of nitrogens with one attached hydrogen (secondary N) is 1. The van der Waals surface area contributed by atoms with Crippen LogP contribution < -0.4 is 5.32 Å². The van der Waals surface area contributed by atoms with Gasteiger partial charge in [-0.3, -0.25) is 4.40 Å². The SMILES string of the molecule is COCCN(CCc1csc2nc(-c3ccc(F)cc3)cn12)C(=O)Nc1ccc(F)cc1F. The van der Waals surface area contributed by atoms with Crippen LogP contribution in [0, 0.1) is 17.5 Å². The van der Waals surface area contributed by atoms with Crippen molar-refractivity contribution in [1.82, 2.24) is 14.3 Å². The third-order valence-electron chi connectivity index (χ3n) is 5.09. The molecule has 0 bridgehead atoms. The summed E-state index contributed by atoms with van der Waals surface area (Å²) in [5.41, 5.74) is 2.38. The zero-order valence-electron chi connectivity index (χ0n) is 17.7. The smallest absolute Gasteiger partial charge is 0.322 e. The average Bonchev–Trinajstić information content (AvgIpc) is 3.37. The van der Waals surface area contributed by atoms with E-state index in [1.165, 1.54) is 41.5 Å². The van der Waals surface area contributed by atoms with Gasteiger partial charge in [-0.15, -0.1) is 11.3 Å². The number of nitrogens with zero attached hydrogens (tertiary/aromatic N) is 3. The van der Waals surface area contributed by atoms with Gasteiger partial charge >= 0.3 is 6.03 Å². The fourth-order valence-corrected chi connectivity index (χ4v) is 4.23. The van der Waals surface area contributed by atoms with Crippen molar-refractivity contribution in [3.05, 3.63) is 77.2 Å². The molecule has 4 rings (SSSR count). The Balaban J connectivity index is 1.48. The third-order valence-corrected chi connectivity index (χ3v) is 5.98. The molecule has 2 heterocycles. The molecule has 0 aliphatic rings. The number of aromatic nitrogens is 2. The molecular weight excluding hydrogens is 453 g/mol. The van der Waals surface area contributed by atoms with Crippen LogP contribution in [0.3, 0.4) is 0 Å². The van der Waals surface area contributed by atoms with Gasteiger partial charge in [-0.1, -0.05) is 0 Å². The maximum Gasteiger partial charge on any atom is 0.322 e. The molecule has 172 valence electrons. The largest absolute Gasteiger partial charge is 0.383 e. The fourth-order valence-electron chi connectivity index (χ4n) is 3.32. The van der Waals surface area contributed by atoms with Crippen LogP contribution in [0.1, 0.15) is 5.69 Å². The number of urea groups is 1. The maximum absolute atomic E-state index is 13.9. The van der Waals surface area contributed by atoms with E-state index in [-0.39, 0.29) is 11.5 Å². The van der Waals surface area contributed by atoms with Crippen LogP contribution in [0.15, 0.2) is 54.0 Å². The molecule has 0 aliphatic carbocycles. The van der Waals surface area contributed by atoms with E-state index in [9.17, 15) is 18.0 Å². The summed E-state index contributed by atoms with van der Waals surface area (Å²) in [5.74, 6) is -1.87. The van der Waals surface area contributed by atoms with Crippen LogP contribution in [0.25, 0.3) is 16.2 Å². The Morgan fingerprint density at radius 2 is 1.88 bits per heavy atom. The maximum atomic E-state index is 13.9. The molecule has 0 spiro atoms. The molecule has 0 radical (unpaired) electrons. The summed E-state index contributed by atoms with van der Waals surface area (Å²) in [6.07, 6.45) is 2.39. The number of anilines is 1. The first-order valence-corrected chi connectivity index (χ1v) is 11.0. The van der Waals surface area contributed by atoms with E-state index in [4.69, 9.17) is 4.74 Å². The van der Waals surface area contributed by atoms with Gasteiger partial charge in [-0.25, -0.2) is 22.9 Å². The van der Waals surface area contributed by atoms with E-state index in [0.717, 1.165) is 34.0 Å². The molecule has 0 fully saturated rings. The van der Waals surface area contributed by atoms with Crippen molar-refractivity contribution in [2.75, 3.05) is 32.1 Å². The number of methoxy groups -OCH3 is 1. The van der Waals surface area contributed by atoms with Crippen molar-refractivity contribution >= 4 is 28.0 Å². The molecule has 0 unspecified atom stereocenters. The molecule has 10 heteroatoms. The number of benzene rings is 2. The lowest BCUT2D eigenvalue weighted by Gasteiger charge is -2.23. The molecule has 2 aromatic heterocycles. The summed E-state index contributed by atoms with van der Waals surface area (Å²) in [5, 5.41) is 4.45. The average molecular weight is 475 g/mol. The number of thiazole rings is 1. The number of amides is 2. The Labute approximate surface area is 192 Å². The van der Waals surface area contributed by atoms with Crippen molar-refractivity contribution in [2.24, 2.45) is 0 Å². The van der Waals surface area contributed by atoms with Crippen molar-refractivity contribution in [2.45, 2.75) is 6.42 Å². The van der Waals surface area contributed by atoms with Crippen molar-refractivity contribution in [3.8, 4) is 11.3 Å². The molecule has 4 aromatic rings. The minimum absolute atomic E-state index is 0.0970. The number of imidazole rings is 1. The second-order valence-electron chi connectivity index (χ2n) is 7.30. The van der Waals surface area contributed by atoms with Crippen molar-refractivity contribution in [1.29, 1.82) is 0 Å². The lowest BCUT2D eigenvalue weighted by molar-refractivity contribution is 0.155. The number of halogens is 3. The topological polar surface area (TPSA) is 58.9 Å². The minimum atomic E-state index is -0.846. The summed E-state index contributed by atoms with van der Waals surface area (Å²) in [7, 11) is 1.53. The summed E-state index contributed by atoms with van der Waals surface area (Å²) in [6, 6.07) is 8.59. The van der Waals surface area contributed by atoms with E-state index < -0.39 is 17.7 Å². The number of carbonyl (C=O) groups excluding carboxylic acids is 1. The summed E-state index contributed by atoms with van der Waals surface area (Å²) < 4.78 is 47.3. The highest BCUT2D eigenvalue weighted by molar-refractivity contribution is 7.15. The van der Waals surface area contributed by atoms with Crippen LogP contribution in [-0.4, -0.2) is 47.1 Å². The van der Waals surface area contributed by atoms with Gasteiger partial charge in [0.1, 0.15) is 17.5 Å². The number of fused-ring (bicyclic) bond motifs is 1. The van der Waals surface area contributed by atoms with Gasteiger partial charge in [0.2, 0.25) is 0 Å². The highest BCUT2D eigenvalue weighted by Gasteiger charge is 2.17. The summed E-state index contributed by atoms with van der Waals surface area (Å²) in [4.78, 5) is 19.6. The molecule has 0 atom stereocenters. The Hall–Kier alpha value is -3.37. The predicted octanol–water partition coefficient (Wildman–Crippen LogP) is 5.20. The summed E-state index contributed by atoms with van der Waals surface area (Å²) >= 11 is 1.47. The second kappa shape index (κ2) is 10.1. The van der Waals surface area contributed by atoms with Gasteiger partial charge in [-0.2, -0.15) is 0 Å². The molecular formula is C23H21F3N4O2S. The molecule has 0 aliphatic heterocycles. The highest BCUT2D eigenvalue weighted by atomic mass is 32.1. The predicted molar refractivity (Wildman–Crippen MR) is 121 cm³/mol. The van der Waals surface area contributed by atoms with Gasteiger partial charge in [0.05, 0.1) is 18.0 Å². The zero-order valence-corrected chi connectivity index (χ0v) is 18.5. The minimum Gasteiger partial charge on any atom is -0.383 e. The Morgan fingerprint density at radius 1 is 1.12 bits per heavy atom. The normalized spacial score (nSPS) is 11.2. The molecule has 1 N–H and O–H groups in total. The van der Waals surface area contributed by atoms with Crippen molar-refractivity contribution in [3.63, 3.8) is 0 Å². The first-order valence-electron chi connectivity index (χ1n) is 10.2. The van der Waals surface area contributed by atoms with E-state index in [1.807, 2.05) is 16.0 Å². The standard InChI is InChI=1S/C23H21F3N4O2S/c1-32-11-10-29(22(31)27-20-7-6-17(25)12-19(20)26)9-8-18-14-33-23-28-21(13-30(18)23)15-2-4-16(24)5-3-15/h2-7,12-14H,8-11H2,1H3,(H,27,31). The molecule has 0 saturated heterocycles. The van der Waals surface area contributed by atoms with Gasteiger partial charge in [0.25, 0.3) is 0 Å². The van der Waals surface area contributed by atoms with Crippen LogP contribution >= 0.6 is 11.3 Å². The number of ether oxygens (including phenoxy) is 1. The molecule has 0 saturated carbocycles. The quantitative estimate of drug-likeness (QED) is 0.382. The van der Waals surface area contributed by atoms with Crippen LogP contribution in [0.2, 0.25) is 0 Å². The van der Waals surface area contributed by atoms with E-state index >= 15 is 0 Å². The fraction of sp³-hybridized carbons (Fsp3) is 0.217. The number of rotatable bonds is 8. The van der Waals surface area contributed by atoms with E-state index in [1.54, 1.807) is 12.1 Å².